The number of aryl methyl sites for hydroxylation is 1. The van der Waals surface area contributed by atoms with Gasteiger partial charge >= 0.3 is 0 Å². The van der Waals surface area contributed by atoms with Crippen LogP contribution in [0, 0.1) is 42.3 Å². The van der Waals surface area contributed by atoms with Gasteiger partial charge in [-0.3, -0.25) is 0 Å². The molecular formula is C26H22FNO2S. The molecule has 0 radical (unpaired) electrons. The van der Waals surface area contributed by atoms with Gasteiger partial charge in [-0.25, -0.2) is 12.8 Å². The predicted octanol–water partition coefficient (Wildman–Crippen LogP) is 4.48. The lowest BCUT2D eigenvalue weighted by molar-refractivity contribution is 0.482. The Bertz CT molecular complexity index is 1200. The van der Waals surface area contributed by atoms with E-state index in [1.165, 1.54) is 16.4 Å². The van der Waals surface area contributed by atoms with Crippen LogP contribution in [0.1, 0.15) is 11.1 Å². The summed E-state index contributed by atoms with van der Waals surface area (Å²) in [7, 11) is -3.77. The van der Waals surface area contributed by atoms with E-state index in [-0.39, 0.29) is 29.7 Å². The van der Waals surface area contributed by atoms with E-state index >= 15 is 0 Å². The minimum absolute atomic E-state index is 0.0138. The Labute approximate surface area is 183 Å². The molecule has 0 saturated heterocycles. The topological polar surface area (TPSA) is 37.4 Å². The van der Waals surface area contributed by atoms with Gasteiger partial charge in [-0.15, -0.1) is 0 Å². The van der Waals surface area contributed by atoms with Crippen molar-refractivity contribution >= 4 is 10.0 Å². The van der Waals surface area contributed by atoms with E-state index in [2.05, 4.69) is 23.7 Å². The molecular weight excluding hydrogens is 409 g/mol. The third-order valence-corrected chi connectivity index (χ3v) is 6.29. The van der Waals surface area contributed by atoms with Crippen LogP contribution in [0.4, 0.5) is 4.39 Å². The van der Waals surface area contributed by atoms with Gasteiger partial charge in [-0.05, 0) is 43.3 Å². The molecule has 0 unspecified atom stereocenters. The number of halogens is 1. The Hall–Kier alpha value is -3.38. The van der Waals surface area contributed by atoms with E-state index in [1.54, 1.807) is 36.4 Å². The van der Waals surface area contributed by atoms with Gasteiger partial charge in [-0.1, -0.05) is 77.8 Å². The molecule has 0 fully saturated rings. The molecule has 0 aromatic heterocycles. The zero-order valence-electron chi connectivity index (χ0n) is 17.1. The molecule has 5 heteroatoms. The molecule has 2 aromatic carbocycles. The lowest BCUT2D eigenvalue weighted by Gasteiger charge is -2.17. The highest BCUT2D eigenvalue weighted by Crippen LogP contribution is 2.16. The average Bonchev–Trinajstić information content (AvgIpc) is 3.03. The summed E-state index contributed by atoms with van der Waals surface area (Å²) < 4.78 is 40.7. The van der Waals surface area contributed by atoms with Crippen molar-refractivity contribution in [2.75, 3.05) is 13.1 Å². The standard InChI is InChI=1S/C26H22FNO2S/c1-22-12-18-26(19-13-22)31(29,30)28(20-6-10-23-8-4-2-3-5-9-23)21-7-11-24-14-16-25(27)17-15-24/h2-5,8-9,12-19,23H,20-21H2,1H3. The van der Waals surface area contributed by atoms with E-state index in [9.17, 15) is 12.8 Å². The molecule has 0 saturated carbocycles. The van der Waals surface area contributed by atoms with Crippen LogP contribution in [0.5, 0.6) is 0 Å². The van der Waals surface area contributed by atoms with Crippen LogP contribution < -0.4 is 0 Å². The normalized spacial score (nSPS) is 13.3. The number of benzene rings is 2. The number of hydrogen-bond acceptors (Lipinski definition) is 2. The largest absolute Gasteiger partial charge is 0.244 e. The second-order valence-corrected chi connectivity index (χ2v) is 8.83. The zero-order chi connectivity index (χ0) is 22.1. The summed E-state index contributed by atoms with van der Waals surface area (Å²) in [5.74, 6) is 11.4. The highest BCUT2D eigenvalue weighted by Gasteiger charge is 2.22. The number of nitrogens with zero attached hydrogens (tertiary/aromatic N) is 1. The molecule has 1 aliphatic carbocycles. The molecule has 0 heterocycles. The van der Waals surface area contributed by atoms with Gasteiger partial charge < -0.3 is 0 Å². The lowest BCUT2D eigenvalue weighted by atomic mass is 10.1. The van der Waals surface area contributed by atoms with Crippen LogP contribution in [-0.4, -0.2) is 25.8 Å². The Kier molecular flexibility index (Phi) is 7.62. The van der Waals surface area contributed by atoms with E-state index in [0.717, 1.165) is 5.56 Å². The van der Waals surface area contributed by atoms with Crippen molar-refractivity contribution in [1.82, 2.24) is 4.31 Å². The summed E-state index contributed by atoms with van der Waals surface area (Å²) in [5.41, 5.74) is 1.59. The molecule has 1 aliphatic rings. The number of rotatable bonds is 4. The Morgan fingerprint density at radius 2 is 1.48 bits per heavy atom. The summed E-state index contributed by atoms with van der Waals surface area (Å²) in [6, 6.07) is 12.4. The van der Waals surface area contributed by atoms with E-state index in [4.69, 9.17) is 0 Å². The summed E-state index contributed by atoms with van der Waals surface area (Å²) in [5, 5.41) is 0. The van der Waals surface area contributed by atoms with Crippen LogP contribution in [0.25, 0.3) is 0 Å². The fourth-order valence-corrected chi connectivity index (χ4v) is 4.00. The van der Waals surface area contributed by atoms with Crippen molar-refractivity contribution in [3.05, 3.63) is 102 Å². The Morgan fingerprint density at radius 1 is 0.871 bits per heavy atom. The summed E-state index contributed by atoms with van der Waals surface area (Å²) in [6.07, 6.45) is 11.5. The Morgan fingerprint density at radius 3 is 2.13 bits per heavy atom. The van der Waals surface area contributed by atoms with Crippen LogP contribution >= 0.6 is 0 Å². The van der Waals surface area contributed by atoms with Crippen LogP contribution in [0.2, 0.25) is 0 Å². The van der Waals surface area contributed by atoms with Gasteiger partial charge in [0.2, 0.25) is 10.0 Å². The van der Waals surface area contributed by atoms with Crippen molar-refractivity contribution in [1.29, 1.82) is 0 Å². The van der Waals surface area contributed by atoms with Crippen molar-refractivity contribution in [3.63, 3.8) is 0 Å². The number of sulfonamides is 1. The molecule has 156 valence electrons. The summed E-state index contributed by atoms with van der Waals surface area (Å²) >= 11 is 0. The molecule has 0 amide bonds. The van der Waals surface area contributed by atoms with Crippen LogP contribution in [0.3, 0.4) is 0 Å². The fraction of sp³-hybridized carbons (Fsp3) is 0.154. The molecule has 3 nitrogen and oxygen atoms in total. The second-order valence-electron chi connectivity index (χ2n) is 6.90. The molecule has 0 N–H and O–H groups in total. The summed E-state index contributed by atoms with van der Waals surface area (Å²) in [4.78, 5) is 0.196. The molecule has 31 heavy (non-hydrogen) atoms. The SMILES string of the molecule is Cc1ccc(S(=O)(=O)N(CC#Cc2ccc(F)cc2)CC#CC2C=CC=CC=C2)cc1. The van der Waals surface area contributed by atoms with E-state index in [0.29, 0.717) is 5.56 Å². The van der Waals surface area contributed by atoms with Crippen molar-refractivity contribution < 1.29 is 12.8 Å². The first-order valence-electron chi connectivity index (χ1n) is 9.76. The molecule has 0 aliphatic heterocycles. The first-order valence-corrected chi connectivity index (χ1v) is 11.2. The van der Waals surface area contributed by atoms with Gasteiger partial charge in [0.1, 0.15) is 5.82 Å². The van der Waals surface area contributed by atoms with Gasteiger partial charge in [0.05, 0.1) is 23.9 Å². The maximum Gasteiger partial charge on any atom is 0.244 e. The van der Waals surface area contributed by atoms with Gasteiger partial charge in [0, 0.05) is 5.56 Å². The predicted molar refractivity (Wildman–Crippen MR) is 122 cm³/mol. The van der Waals surface area contributed by atoms with E-state index in [1.807, 2.05) is 43.4 Å². The summed E-state index contributed by atoms with van der Waals surface area (Å²) in [6.45, 7) is 1.89. The average molecular weight is 432 g/mol. The van der Waals surface area contributed by atoms with Crippen molar-refractivity contribution in [3.8, 4) is 23.7 Å². The van der Waals surface area contributed by atoms with Crippen LogP contribution in [-0.2, 0) is 10.0 Å². The quantitative estimate of drug-likeness (QED) is 0.670. The molecule has 3 rings (SSSR count). The van der Waals surface area contributed by atoms with Crippen molar-refractivity contribution in [2.45, 2.75) is 11.8 Å². The number of hydrogen-bond donors (Lipinski definition) is 0. The monoisotopic (exact) mass is 431 g/mol. The van der Waals surface area contributed by atoms with Crippen LogP contribution in [0.15, 0.2) is 89.9 Å². The zero-order valence-corrected chi connectivity index (χ0v) is 17.9. The third kappa shape index (κ3) is 6.55. The molecule has 0 bridgehead atoms. The highest BCUT2D eigenvalue weighted by atomic mass is 32.2. The maximum atomic E-state index is 13.2. The molecule has 0 spiro atoms. The minimum Gasteiger partial charge on any atom is -0.207 e. The van der Waals surface area contributed by atoms with Gasteiger partial charge in [0.25, 0.3) is 0 Å². The highest BCUT2D eigenvalue weighted by molar-refractivity contribution is 7.89. The smallest absolute Gasteiger partial charge is 0.207 e. The van der Waals surface area contributed by atoms with Crippen molar-refractivity contribution in [2.24, 2.45) is 5.92 Å². The Balaban J connectivity index is 1.83. The van der Waals surface area contributed by atoms with Gasteiger partial charge in [0.15, 0.2) is 0 Å². The maximum absolute atomic E-state index is 13.2. The first kappa shape index (κ1) is 22.3. The minimum atomic E-state index is -3.77. The van der Waals surface area contributed by atoms with E-state index < -0.39 is 10.0 Å². The lowest BCUT2D eigenvalue weighted by Crippen LogP contribution is -2.32. The molecule has 2 aromatic rings. The molecule has 0 atom stereocenters. The third-order valence-electron chi connectivity index (χ3n) is 4.49. The number of allylic oxidation sites excluding steroid dienone is 6. The first-order chi connectivity index (χ1) is 14.9. The fourth-order valence-electron chi connectivity index (χ4n) is 2.76. The van der Waals surface area contributed by atoms with Gasteiger partial charge in [-0.2, -0.15) is 4.31 Å². The second kappa shape index (κ2) is 10.6.